The number of aromatic nitrogens is 1. The van der Waals surface area contributed by atoms with Crippen LogP contribution in [-0.2, 0) is 5.41 Å². The minimum absolute atomic E-state index is 0.00788. The lowest BCUT2D eigenvalue weighted by molar-refractivity contribution is -0.536. The third-order valence-corrected chi connectivity index (χ3v) is 4.93. The smallest absolute Gasteiger partial charge is 0.590 e. The molecule has 0 aliphatic carbocycles. The predicted molar refractivity (Wildman–Crippen MR) is 91.8 cm³/mol. The number of nitrogens with zero attached hydrogens (tertiary/aromatic N) is 1. The predicted octanol–water partition coefficient (Wildman–Crippen LogP) is 4.13. The van der Waals surface area contributed by atoms with E-state index < -0.39 is 6.96 Å². The summed E-state index contributed by atoms with van der Waals surface area (Å²) in [4.78, 5) is 0. The number of benzene rings is 2. The van der Waals surface area contributed by atoms with Crippen LogP contribution in [0.3, 0.4) is 0 Å². The highest BCUT2D eigenvalue weighted by Gasteiger charge is 2.59. The van der Waals surface area contributed by atoms with Crippen LogP contribution in [0.1, 0.15) is 26.3 Å². The van der Waals surface area contributed by atoms with Crippen LogP contribution in [-0.4, -0.2) is 6.96 Å². The first-order valence-electron chi connectivity index (χ1n) is 8.20. The first-order valence-corrected chi connectivity index (χ1v) is 8.20. The molecule has 0 N–H and O–H groups in total. The molecular weight excluding hydrogens is 304 g/mol. The van der Waals surface area contributed by atoms with Crippen LogP contribution in [0, 0.1) is 0 Å². The molecule has 2 aliphatic rings. The molecule has 0 spiro atoms. The summed E-state index contributed by atoms with van der Waals surface area (Å²) in [7, 11) is 0. The monoisotopic (exact) mass is 321 g/mol. The fourth-order valence-corrected chi connectivity index (χ4v) is 3.68. The topological polar surface area (TPSA) is 22.3 Å². The Morgan fingerprint density at radius 2 is 1.75 bits per heavy atom. The van der Waals surface area contributed by atoms with Crippen LogP contribution < -0.4 is 13.8 Å². The summed E-state index contributed by atoms with van der Waals surface area (Å²) >= 11 is 0. The van der Waals surface area contributed by atoms with E-state index in [0.717, 1.165) is 22.2 Å². The van der Waals surface area contributed by atoms with Gasteiger partial charge in [-0.2, -0.15) is 0 Å². The standard InChI is InChI=1S/C19H17BFNO2/c1-19(2,3)13-8-10-16-14(11-13)15-9-7-12-5-4-6-17-18(12)22(15)20(21,23-16)24-17/h4-11H,1-3H3. The van der Waals surface area contributed by atoms with E-state index in [4.69, 9.17) is 9.31 Å². The van der Waals surface area contributed by atoms with Gasteiger partial charge in [0, 0.05) is 11.5 Å². The number of halogens is 1. The van der Waals surface area contributed by atoms with Gasteiger partial charge in [0.2, 0.25) is 5.52 Å². The van der Waals surface area contributed by atoms with Crippen molar-refractivity contribution >= 4 is 17.9 Å². The highest BCUT2D eigenvalue weighted by atomic mass is 19.1. The Morgan fingerprint density at radius 1 is 0.958 bits per heavy atom. The lowest BCUT2D eigenvalue weighted by Crippen LogP contribution is -2.69. The van der Waals surface area contributed by atoms with E-state index >= 15 is 4.32 Å². The van der Waals surface area contributed by atoms with Gasteiger partial charge >= 0.3 is 6.96 Å². The second-order valence-electron chi connectivity index (χ2n) is 7.56. The third-order valence-electron chi connectivity index (χ3n) is 4.93. The maximum atomic E-state index is 15.5. The molecule has 0 radical (unpaired) electrons. The Bertz CT molecular complexity index is 1030. The number of para-hydroxylation sites is 1. The molecule has 3 nitrogen and oxygen atoms in total. The van der Waals surface area contributed by atoms with Gasteiger partial charge in [-0.05, 0) is 41.3 Å². The van der Waals surface area contributed by atoms with E-state index in [1.54, 1.807) is 10.5 Å². The van der Waals surface area contributed by atoms with Crippen molar-refractivity contribution in [3.63, 3.8) is 0 Å². The second kappa shape index (κ2) is 4.10. The molecular formula is C19H17BFNO2. The van der Waals surface area contributed by atoms with Crippen molar-refractivity contribution in [2.24, 2.45) is 0 Å². The largest absolute Gasteiger partial charge is 0.857 e. The fourth-order valence-electron chi connectivity index (χ4n) is 3.68. The molecule has 0 bridgehead atoms. The van der Waals surface area contributed by atoms with Crippen molar-refractivity contribution < 1.29 is 18.1 Å². The fraction of sp³-hybridized carbons (Fsp3) is 0.211. The molecule has 2 aromatic carbocycles. The first kappa shape index (κ1) is 13.8. The van der Waals surface area contributed by atoms with Gasteiger partial charge in [0.25, 0.3) is 0 Å². The number of rotatable bonds is 0. The molecule has 5 rings (SSSR count). The van der Waals surface area contributed by atoms with Gasteiger partial charge in [-0.25, -0.2) is 0 Å². The summed E-state index contributed by atoms with van der Waals surface area (Å²) in [5.74, 6) is 1.05. The van der Waals surface area contributed by atoms with Crippen molar-refractivity contribution in [3.8, 4) is 22.8 Å². The highest BCUT2D eigenvalue weighted by molar-refractivity contribution is 6.54. The van der Waals surface area contributed by atoms with E-state index in [1.165, 1.54) is 5.56 Å². The van der Waals surface area contributed by atoms with Gasteiger partial charge in [0.15, 0.2) is 5.69 Å². The second-order valence-corrected chi connectivity index (χ2v) is 7.56. The van der Waals surface area contributed by atoms with Crippen LogP contribution in [0.15, 0.2) is 48.5 Å². The Balaban J connectivity index is 1.86. The summed E-state index contributed by atoms with van der Waals surface area (Å²) in [6.07, 6.45) is 0. The minimum atomic E-state index is -3.09. The van der Waals surface area contributed by atoms with Crippen molar-refractivity contribution in [2.45, 2.75) is 26.2 Å². The maximum Gasteiger partial charge on any atom is 0.857 e. The van der Waals surface area contributed by atoms with Crippen LogP contribution >= 0.6 is 0 Å². The summed E-state index contributed by atoms with van der Waals surface area (Å²) in [6.45, 7) is 3.40. The van der Waals surface area contributed by atoms with Crippen LogP contribution in [0.5, 0.6) is 11.5 Å². The zero-order valence-corrected chi connectivity index (χ0v) is 13.8. The molecule has 1 aromatic heterocycles. The van der Waals surface area contributed by atoms with E-state index in [9.17, 15) is 0 Å². The van der Waals surface area contributed by atoms with Crippen molar-refractivity contribution in [2.75, 3.05) is 0 Å². The SMILES string of the molecule is CC(C)(C)c1ccc2c(c1)-c1ccc3cccc4c3[n+]1[B-](F)(O2)O4. The number of pyridine rings is 1. The number of hydrogen-bond donors (Lipinski definition) is 0. The molecule has 1 atom stereocenters. The Morgan fingerprint density at radius 3 is 2.54 bits per heavy atom. The molecule has 0 saturated heterocycles. The van der Waals surface area contributed by atoms with Crippen LogP contribution in [0.25, 0.3) is 22.2 Å². The Labute approximate surface area is 139 Å². The normalized spacial score (nSPS) is 20.5. The maximum absolute atomic E-state index is 15.5. The summed E-state index contributed by atoms with van der Waals surface area (Å²) < 4.78 is 28.4. The van der Waals surface area contributed by atoms with E-state index in [2.05, 4.69) is 26.8 Å². The zero-order chi connectivity index (χ0) is 16.7. The molecule has 0 amide bonds. The molecule has 1 unspecified atom stereocenters. The van der Waals surface area contributed by atoms with Crippen molar-refractivity contribution in [1.82, 2.24) is 0 Å². The summed E-state index contributed by atoms with van der Waals surface area (Å²) in [5, 5.41) is 0.941. The minimum Gasteiger partial charge on any atom is -0.590 e. The molecule has 24 heavy (non-hydrogen) atoms. The van der Waals surface area contributed by atoms with Gasteiger partial charge in [-0.3, -0.25) is 4.48 Å². The quantitative estimate of drug-likeness (QED) is 0.581. The lowest BCUT2D eigenvalue weighted by Gasteiger charge is -2.31. The lowest BCUT2D eigenvalue weighted by atomic mass is 9.84. The zero-order valence-electron chi connectivity index (χ0n) is 13.8. The van der Waals surface area contributed by atoms with E-state index in [0.29, 0.717) is 11.5 Å². The van der Waals surface area contributed by atoms with Gasteiger partial charge in [0.1, 0.15) is 5.75 Å². The summed E-state index contributed by atoms with van der Waals surface area (Å²) in [5.41, 5.74) is 3.64. The van der Waals surface area contributed by atoms with Crippen molar-refractivity contribution in [1.29, 1.82) is 0 Å². The Hall–Kier alpha value is -2.56. The van der Waals surface area contributed by atoms with Crippen LogP contribution in [0.4, 0.5) is 4.32 Å². The van der Waals surface area contributed by atoms with E-state index in [1.807, 2.05) is 36.4 Å². The third kappa shape index (κ3) is 1.64. The van der Waals surface area contributed by atoms with Gasteiger partial charge in [-0.15, -0.1) is 0 Å². The first-order chi connectivity index (χ1) is 11.4. The number of fused-ring (bicyclic) bond motifs is 2. The number of hydrogen-bond acceptors (Lipinski definition) is 2. The average Bonchev–Trinajstić information content (AvgIpc) is 2.83. The molecule has 3 aromatic rings. The van der Waals surface area contributed by atoms with E-state index in [-0.39, 0.29) is 5.41 Å². The van der Waals surface area contributed by atoms with Crippen LogP contribution in [0.2, 0.25) is 0 Å². The van der Waals surface area contributed by atoms with Gasteiger partial charge in [-0.1, -0.05) is 32.9 Å². The molecule has 0 fully saturated rings. The molecule has 0 saturated carbocycles. The van der Waals surface area contributed by atoms with Gasteiger partial charge < -0.3 is 13.6 Å². The summed E-state index contributed by atoms with van der Waals surface area (Å²) in [6, 6.07) is 15.5. The molecule has 120 valence electrons. The molecule has 3 heterocycles. The average molecular weight is 321 g/mol. The molecule has 2 aliphatic heterocycles. The Kier molecular flexibility index (Phi) is 2.36. The van der Waals surface area contributed by atoms with Crippen molar-refractivity contribution in [3.05, 3.63) is 54.1 Å². The molecule has 5 heteroatoms. The highest BCUT2D eigenvalue weighted by Crippen LogP contribution is 2.42. The van der Waals surface area contributed by atoms with Gasteiger partial charge in [0.05, 0.1) is 11.3 Å².